The molecule has 6 unspecified atom stereocenters. The summed E-state index contributed by atoms with van der Waals surface area (Å²) >= 11 is 0. The number of carbonyl (C=O) groups is 1. The van der Waals surface area contributed by atoms with Gasteiger partial charge >= 0.3 is 5.97 Å². The van der Waals surface area contributed by atoms with E-state index in [2.05, 4.69) is 20.4 Å². The second kappa shape index (κ2) is 7.32. The van der Waals surface area contributed by atoms with E-state index in [9.17, 15) is 10.1 Å². The minimum atomic E-state index is -0.723. The van der Waals surface area contributed by atoms with E-state index in [4.69, 9.17) is 19.1 Å². The fourth-order valence-electron chi connectivity index (χ4n) is 4.21. The number of epoxide rings is 2. The zero-order valence-corrected chi connectivity index (χ0v) is 16.8. The third-order valence-corrected chi connectivity index (χ3v) is 6.60. The lowest BCUT2D eigenvalue weighted by Gasteiger charge is -2.23. The van der Waals surface area contributed by atoms with Crippen LogP contribution in [0.15, 0.2) is 24.3 Å². The number of rotatable bonds is 3. The van der Waals surface area contributed by atoms with E-state index in [0.717, 1.165) is 32.1 Å². The van der Waals surface area contributed by atoms with Crippen molar-refractivity contribution in [2.45, 2.75) is 88.3 Å². The van der Waals surface area contributed by atoms with Gasteiger partial charge in [0.2, 0.25) is 0 Å². The molecule has 0 radical (unpaired) electrons. The van der Waals surface area contributed by atoms with Crippen LogP contribution in [0.4, 0.5) is 0 Å². The molecule has 1 aliphatic carbocycles. The van der Waals surface area contributed by atoms with Crippen molar-refractivity contribution in [3.05, 3.63) is 24.3 Å². The number of methoxy groups -OCH3 is 1. The molecule has 152 valence electrons. The summed E-state index contributed by atoms with van der Waals surface area (Å²) in [5.41, 5.74) is -0.666. The lowest BCUT2D eigenvalue weighted by atomic mass is 9.83. The van der Waals surface area contributed by atoms with Crippen LogP contribution in [0.5, 0.6) is 0 Å². The maximum absolute atomic E-state index is 12.0. The Kier molecular flexibility index (Phi) is 5.56. The molecular formula is C21H32O6. The van der Waals surface area contributed by atoms with E-state index in [1.807, 2.05) is 19.1 Å². The van der Waals surface area contributed by atoms with Gasteiger partial charge in [-0.3, -0.25) is 5.26 Å². The first-order valence-electron chi connectivity index (χ1n) is 9.78. The molecule has 3 rings (SSSR count). The topological polar surface area (TPSA) is 80.8 Å². The molecule has 0 bridgehead atoms. The molecule has 2 fully saturated rings. The van der Waals surface area contributed by atoms with Gasteiger partial charge in [0.05, 0.1) is 30.5 Å². The van der Waals surface area contributed by atoms with Gasteiger partial charge in [-0.15, -0.1) is 0 Å². The van der Waals surface area contributed by atoms with Crippen LogP contribution in [0.1, 0.15) is 59.3 Å². The highest BCUT2D eigenvalue weighted by molar-refractivity contribution is 5.88. The van der Waals surface area contributed by atoms with Crippen molar-refractivity contribution in [2.75, 3.05) is 7.11 Å². The molecule has 6 atom stereocenters. The lowest BCUT2D eigenvalue weighted by molar-refractivity contribution is -0.304. The van der Waals surface area contributed by atoms with Gasteiger partial charge in [-0.05, 0) is 65.2 Å². The Morgan fingerprint density at radius 2 is 1.85 bits per heavy atom. The molecule has 0 spiro atoms. The van der Waals surface area contributed by atoms with Crippen molar-refractivity contribution in [3.63, 3.8) is 0 Å². The summed E-state index contributed by atoms with van der Waals surface area (Å²) in [6.07, 6.45) is 8.72. The van der Waals surface area contributed by atoms with Crippen molar-refractivity contribution < 1.29 is 29.1 Å². The third kappa shape index (κ3) is 4.45. The molecule has 0 aromatic carbocycles. The predicted molar refractivity (Wildman–Crippen MR) is 100 cm³/mol. The smallest absolute Gasteiger partial charge is 0.333 e. The van der Waals surface area contributed by atoms with Crippen molar-refractivity contribution in [1.82, 2.24) is 0 Å². The number of esters is 1. The molecule has 3 aliphatic rings. The lowest BCUT2D eigenvalue weighted by Crippen LogP contribution is -2.27. The minimum absolute atomic E-state index is 0.0175. The second-order valence-corrected chi connectivity index (χ2v) is 8.88. The Labute approximate surface area is 161 Å². The van der Waals surface area contributed by atoms with Crippen LogP contribution in [-0.2, 0) is 23.9 Å². The molecule has 2 saturated heterocycles. The summed E-state index contributed by atoms with van der Waals surface area (Å²) in [6.45, 7) is 10.0. The summed E-state index contributed by atoms with van der Waals surface area (Å²) in [6, 6.07) is 0. The molecule has 6 heteroatoms. The Morgan fingerprint density at radius 1 is 1.15 bits per heavy atom. The molecular weight excluding hydrogens is 348 g/mol. The van der Waals surface area contributed by atoms with Gasteiger partial charge < -0.3 is 14.2 Å². The first kappa shape index (κ1) is 20.5. The van der Waals surface area contributed by atoms with E-state index in [0.29, 0.717) is 12.0 Å². The van der Waals surface area contributed by atoms with E-state index < -0.39 is 5.60 Å². The Morgan fingerprint density at radius 3 is 2.52 bits per heavy atom. The standard InChI is InChI=1S/C21H32O6/c1-14(18(22)24-5)15-7-12-21(4)16(25-21)8-11-19(2,27-23)9-6-10-20(3)17(13-15)26-20/h6,9,15-17,23H,1,7-8,10-13H2,2-5H3. The van der Waals surface area contributed by atoms with Crippen molar-refractivity contribution >= 4 is 5.97 Å². The first-order valence-corrected chi connectivity index (χ1v) is 9.78. The number of carbonyl (C=O) groups excluding carboxylic acids is 1. The van der Waals surface area contributed by atoms with Crippen LogP contribution in [-0.4, -0.2) is 47.3 Å². The van der Waals surface area contributed by atoms with Gasteiger partial charge in [-0.1, -0.05) is 18.7 Å². The highest BCUT2D eigenvalue weighted by Gasteiger charge is 2.54. The van der Waals surface area contributed by atoms with Gasteiger partial charge in [0, 0.05) is 5.57 Å². The Hall–Kier alpha value is -1.21. The van der Waals surface area contributed by atoms with E-state index in [1.54, 1.807) is 0 Å². The van der Waals surface area contributed by atoms with Crippen LogP contribution in [0.2, 0.25) is 0 Å². The molecule has 2 aliphatic heterocycles. The van der Waals surface area contributed by atoms with Gasteiger partial charge in [0.1, 0.15) is 5.60 Å². The average molecular weight is 380 g/mol. The highest BCUT2D eigenvalue weighted by atomic mass is 17.1. The molecule has 6 nitrogen and oxygen atoms in total. The summed E-state index contributed by atoms with van der Waals surface area (Å²) in [5, 5.41) is 9.35. The van der Waals surface area contributed by atoms with Crippen molar-refractivity contribution in [3.8, 4) is 0 Å². The van der Waals surface area contributed by atoms with E-state index in [-0.39, 0.29) is 35.3 Å². The number of hydrogen-bond donors (Lipinski definition) is 1. The minimum Gasteiger partial charge on any atom is -0.466 e. The average Bonchev–Trinajstić information content (AvgIpc) is 3.50. The SMILES string of the molecule is C=C(C(=O)OC)C1CCC2(C)OC2CCC(C)(OO)C=CCC2(C)OC2C1. The summed E-state index contributed by atoms with van der Waals surface area (Å²) in [7, 11) is 1.39. The van der Waals surface area contributed by atoms with Crippen molar-refractivity contribution in [1.29, 1.82) is 0 Å². The molecule has 1 N–H and O–H groups in total. The molecule has 2 heterocycles. The van der Waals surface area contributed by atoms with Crippen LogP contribution in [0.3, 0.4) is 0 Å². The number of ether oxygens (including phenoxy) is 3. The highest BCUT2D eigenvalue weighted by Crippen LogP contribution is 2.49. The van der Waals surface area contributed by atoms with Crippen LogP contribution in [0, 0.1) is 5.92 Å². The summed E-state index contributed by atoms with van der Waals surface area (Å²) < 4.78 is 16.8. The quantitative estimate of drug-likeness (QED) is 0.200. The molecule has 0 aromatic rings. The zero-order chi connectivity index (χ0) is 19.9. The van der Waals surface area contributed by atoms with Crippen molar-refractivity contribution in [2.24, 2.45) is 5.92 Å². The summed E-state index contributed by atoms with van der Waals surface area (Å²) in [4.78, 5) is 16.8. The van der Waals surface area contributed by atoms with Crippen LogP contribution < -0.4 is 0 Å². The number of fused-ring (bicyclic) bond motifs is 2. The van der Waals surface area contributed by atoms with Gasteiger partial charge in [0.25, 0.3) is 0 Å². The third-order valence-electron chi connectivity index (χ3n) is 6.60. The predicted octanol–water partition coefficient (Wildman–Crippen LogP) is 3.81. The zero-order valence-electron chi connectivity index (χ0n) is 16.8. The first-order chi connectivity index (χ1) is 12.6. The number of hydrogen-bond acceptors (Lipinski definition) is 6. The molecule has 0 amide bonds. The fraction of sp³-hybridized carbons (Fsp3) is 0.762. The van der Waals surface area contributed by atoms with Gasteiger partial charge in [0.15, 0.2) is 0 Å². The Bertz CT molecular complexity index is 630. The van der Waals surface area contributed by atoms with Crippen LogP contribution in [0.25, 0.3) is 0 Å². The summed E-state index contributed by atoms with van der Waals surface area (Å²) in [5.74, 6) is -0.332. The molecule has 27 heavy (non-hydrogen) atoms. The van der Waals surface area contributed by atoms with E-state index >= 15 is 0 Å². The van der Waals surface area contributed by atoms with E-state index in [1.165, 1.54) is 7.11 Å². The molecule has 0 aromatic heterocycles. The van der Waals surface area contributed by atoms with Gasteiger partial charge in [-0.2, -0.15) is 0 Å². The maximum Gasteiger partial charge on any atom is 0.333 e. The monoisotopic (exact) mass is 380 g/mol. The normalized spacial score (nSPS) is 44.4. The second-order valence-electron chi connectivity index (χ2n) is 8.88. The molecule has 0 saturated carbocycles. The van der Waals surface area contributed by atoms with Crippen LogP contribution >= 0.6 is 0 Å². The fourth-order valence-corrected chi connectivity index (χ4v) is 4.21. The van der Waals surface area contributed by atoms with Gasteiger partial charge in [-0.25, -0.2) is 9.68 Å². The maximum atomic E-state index is 12.0. The Balaban J connectivity index is 1.76. The largest absolute Gasteiger partial charge is 0.466 e.